The molecule has 0 unspecified atom stereocenters. The van der Waals surface area contributed by atoms with Gasteiger partial charge in [0.15, 0.2) is 17.3 Å². The SMILES string of the molecule is COc1cc(Cl)nc(-c2cccc(OC)c2OC)n1. The highest BCUT2D eigenvalue weighted by Gasteiger charge is 2.15. The van der Waals surface area contributed by atoms with E-state index in [1.54, 1.807) is 20.3 Å². The highest BCUT2D eigenvalue weighted by molar-refractivity contribution is 6.29. The van der Waals surface area contributed by atoms with Crippen molar-refractivity contribution in [2.45, 2.75) is 0 Å². The highest BCUT2D eigenvalue weighted by Crippen LogP contribution is 2.37. The van der Waals surface area contributed by atoms with Crippen molar-refractivity contribution in [2.24, 2.45) is 0 Å². The molecule has 100 valence electrons. The van der Waals surface area contributed by atoms with Crippen molar-refractivity contribution in [2.75, 3.05) is 21.3 Å². The molecule has 0 fully saturated rings. The van der Waals surface area contributed by atoms with Gasteiger partial charge in [0.2, 0.25) is 5.88 Å². The molecule has 0 aliphatic heterocycles. The van der Waals surface area contributed by atoms with Gasteiger partial charge in [-0.3, -0.25) is 0 Å². The number of rotatable bonds is 4. The summed E-state index contributed by atoms with van der Waals surface area (Å²) >= 11 is 5.94. The second kappa shape index (κ2) is 5.75. The van der Waals surface area contributed by atoms with Gasteiger partial charge >= 0.3 is 0 Å². The van der Waals surface area contributed by atoms with E-state index in [9.17, 15) is 0 Å². The van der Waals surface area contributed by atoms with Crippen molar-refractivity contribution < 1.29 is 14.2 Å². The molecule has 0 spiro atoms. The Morgan fingerprint density at radius 3 is 2.42 bits per heavy atom. The molecule has 0 saturated carbocycles. The van der Waals surface area contributed by atoms with E-state index in [0.717, 1.165) is 0 Å². The van der Waals surface area contributed by atoms with Gasteiger partial charge < -0.3 is 14.2 Å². The molecular formula is C13H13ClN2O3. The molecule has 0 amide bonds. The normalized spacial score (nSPS) is 10.1. The van der Waals surface area contributed by atoms with E-state index in [1.807, 2.05) is 12.1 Å². The van der Waals surface area contributed by atoms with Gasteiger partial charge in [-0.15, -0.1) is 0 Å². The third-order valence-corrected chi connectivity index (χ3v) is 2.72. The summed E-state index contributed by atoms with van der Waals surface area (Å²) in [7, 11) is 4.65. The summed E-state index contributed by atoms with van der Waals surface area (Å²) in [5.41, 5.74) is 0.683. The van der Waals surface area contributed by atoms with E-state index in [2.05, 4.69) is 9.97 Å². The van der Waals surface area contributed by atoms with E-state index >= 15 is 0 Å². The standard InChI is InChI=1S/C13H13ClN2O3/c1-17-9-6-4-5-8(12(9)19-3)13-15-10(14)7-11(16-13)18-2/h4-7H,1-3H3. The van der Waals surface area contributed by atoms with Gasteiger partial charge in [0.1, 0.15) is 5.15 Å². The molecule has 1 aromatic heterocycles. The molecule has 0 bridgehead atoms. The third-order valence-electron chi connectivity index (χ3n) is 2.52. The molecule has 1 heterocycles. The molecule has 0 atom stereocenters. The topological polar surface area (TPSA) is 53.5 Å². The molecule has 2 rings (SSSR count). The van der Waals surface area contributed by atoms with Crippen LogP contribution in [0, 0.1) is 0 Å². The first-order chi connectivity index (χ1) is 9.19. The minimum absolute atomic E-state index is 0.298. The number of hydrogen-bond donors (Lipinski definition) is 0. The van der Waals surface area contributed by atoms with Crippen LogP contribution in [0.1, 0.15) is 0 Å². The highest BCUT2D eigenvalue weighted by atomic mass is 35.5. The Labute approximate surface area is 116 Å². The second-order valence-electron chi connectivity index (χ2n) is 3.60. The fourth-order valence-electron chi connectivity index (χ4n) is 1.69. The molecule has 0 saturated heterocycles. The van der Waals surface area contributed by atoms with Gasteiger partial charge in [0.25, 0.3) is 0 Å². The number of aromatic nitrogens is 2. The monoisotopic (exact) mass is 280 g/mol. The second-order valence-corrected chi connectivity index (χ2v) is 3.98. The van der Waals surface area contributed by atoms with E-state index in [-0.39, 0.29) is 0 Å². The number of para-hydroxylation sites is 1. The summed E-state index contributed by atoms with van der Waals surface area (Å²) in [4.78, 5) is 8.43. The maximum atomic E-state index is 5.94. The zero-order valence-corrected chi connectivity index (χ0v) is 11.6. The Bertz CT molecular complexity index is 590. The van der Waals surface area contributed by atoms with Crippen LogP contribution >= 0.6 is 11.6 Å². The van der Waals surface area contributed by atoms with Crippen LogP contribution < -0.4 is 14.2 Å². The molecule has 19 heavy (non-hydrogen) atoms. The molecule has 1 aromatic carbocycles. The van der Waals surface area contributed by atoms with Crippen LogP contribution in [0.15, 0.2) is 24.3 Å². The maximum Gasteiger partial charge on any atom is 0.218 e. The summed E-state index contributed by atoms with van der Waals surface area (Å²) in [6.07, 6.45) is 0. The number of nitrogens with zero attached hydrogens (tertiary/aromatic N) is 2. The van der Waals surface area contributed by atoms with Gasteiger partial charge in [0.05, 0.1) is 26.9 Å². The first kappa shape index (κ1) is 13.4. The van der Waals surface area contributed by atoms with Gasteiger partial charge in [0, 0.05) is 6.07 Å². The van der Waals surface area contributed by atoms with Crippen molar-refractivity contribution in [1.29, 1.82) is 0 Å². The molecule has 5 nitrogen and oxygen atoms in total. The lowest BCUT2D eigenvalue weighted by molar-refractivity contribution is 0.356. The largest absolute Gasteiger partial charge is 0.493 e. The van der Waals surface area contributed by atoms with Crippen LogP contribution in [0.4, 0.5) is 0 Å². The average Bonchev–Trinajstić information content (AvgIpc) is 2.45. The third kappa shape index (κ3) is 2.71. The first-order valence-corrected chi connectivity index (χ1v) is 5.87. The van der Waals surface area contributed by atoms with Crippen LogP contribution in [0.2, 0.25) is 5.15 Å². The lowest BCUT2D eigenvalue weighted by Gasteiger charge is -2.12. The number of halogens is 1. The number of hydrogen-bond acceptors (Lipinski definition) is 5. The van der Waals surface area contributed by atoms with Crippen LogP contribution in [0.5, 0.6) is 17.4 Å². The molecule has 2 aromatic rings. The van der Waals surface area contributed by atoms with Crippen molar-refractivity contribution in [1.82, 2.24) is 9.97 Å². The minimum Gasteiger partial charge on any atom is -0.493 e. The predicted molar refractivity (Wildman–Crippen MR) is 72.1 cm³/mol. The van der Waals surface area contributed by atoms with E-state index in [4.69, 9.17) is 25.8 Å². The Morgan fingerprint density at radius 1 is 1.00 bits per heavy atom. The van der Waals surface area contributed by atoms with Crippen molar-refractivity contribution >= 4 is 11.6 Å². The molecule has 0 N–H and O–H groups in total. The Morgan fingerprint density at radius 2 is 1.79 bits per heavy atom. The molecule has 6 heteroatoms. The van der Waals surface area contributed by atoms with Crippen molar-refractivity contribution in [3.8, 4) is 28.8 Å². The number of ether oxygens (including phenoxy) is 3. The van der Waals surface area contributed by atoms with Crippen molar-refractivity contribution in [3.05, 3.63) is 29.4 Å². The fourth-order valence-corrected chi connectivity index (χ4v) is 1.86. The van der Waals surface area contributed by atoms with E-state index < -0.39 is 0 Å². The van der Waals surface area contributed by atoms with Gasteiger partial charge in [-0.05, 0) is 12.1 Å². The summed E-state index contributed by atoms with van der Waals surface area (Å²) < 4.78 is 15.7. The molecule has 0 radical (unpaired) electrons. The zero-order chi connectivity index (χ0) is 13.8. The Balaban J connectivity index is 2.61. The smallest absolute Gasteiger partial charge is 0.218 e. The number of methoxy groups -OCH3 is 3. The first-order valence-electron chi connectivity index (χ1n) is 5.49. The Hall–Kier alpha value is -2.01. The van der Waals surface area contributed by atoms with Gasteiger partial charge in [-0.1, -0.05) is 17.7 Å². The summed E-state index contributed by atoms with van der Waals surface area (Å²) in [6, 6.07) is 6.99. The molecule has 0 aliphatic carbocycles. The van der Waals surface area contributed by atoms with Gasteiger partial charge in [-0.2, -0.15) is 4.98 Å². The van der Waals surface area contributed by atoms with E-state index in [1.165, 1.54) is 13.2 Å². The quantitative estimate of drug-likeness (QED) is 0.806. The predicted octanol–water partition coefficient (Wildman–Crippen LogP) is 2.82. The van der Waals surface area contributed by atoms with Gasteiger partial charge in [-0.25, -0.2) is 4.98 Å². The maximum absolute atomic E-state index is 5.94. The van der Waals surface area contributed by atoms with Crippen LogP contribution in [0.3, 0.4) is 0 Å². The summed E-state index contributed by atoms with van der Waals surface area (Å²) in [5, 5.41) is 0.298. The van der Waals surface area contributed by atoms with E-state index in [0.29, 0.717) is 33.9 Å². The van der Waals surface area contributed by atoms with Crippen LogP contribution in [0.25, 0.3) is 11.4 Å². The van der Waals surface area contributed by atoms with Crippen LogP contribution in [-0.4, -0.2) is 31.3 Å². The molecular weight excluding hydrogens is 268 g/mol. The van der Waals surface area contributed by atoms with Crippen molar-refractivity contribution in [3.63, 3.8) is 0 Å². The van der Waals surface area contributed by atoms with Crippen LogP contribution in [-0.2, 0) is 0 Å². The fraction of sp³-hybridized carbons (Fsp3) is 0.231. The minimum atomic E-state index is 0.298. The summed E-state index contributed by atoms with van der Waals surface area (Å²) in [5.74, 6) is 1.96. The number of benzene rings is 1. The summed E-state index contributed by atoms with van der Waals surface area (Å²) in [6.45, 7) is 0. The Kier molecular flexibility index (Phi) is 4.06. The lowest BCUT2D eigenvalue weighted by atomic mass is 10.1. The zero-order valence-electron chi connectivity index (χ0n) is 10.8. The average molecular weight is 281 g/mol. The lowest BCUT2D eigenvalue weighted by Crippen LogP contribution is -1.98. The molecule has 0 aliphatic rings.